The van der Waals surface area contributed by atoms with Crippen LogP contribution in [0.1, 0.15) is 41.9 Å². The Morgan fingerprint density at radius 2 is 1.93 bits per heavy atom. The van der Waals surface area contributed by atoms with Crippen molar-refractivity contribution in [3.8, 4) is 11.4 Å². The Morgan fingerprint density at radius 3 is 2.67 bits per heavy atom. The van der Waals surface area contributed by atoms with Gasteiger partial charge in [-0.15, -0.1) is 0 Å². The fourth-order valence-electron chi connectivity index (χ4n) is 3.59. The molecule has 1 aliphatic rings. The lowest BCUT2D eigenvalue weighted by atomic mass is 9.96. The summed E-state index contributed by atoms with van der Waals surface area (Å²) in [6.07, 6.45) is 12.5. The van der Waals surface area contributed by atoms with Crippen molar-refractivity contribution < 1.29 is 4.79 Å². The van der Waals surface area contributed by atoms with Crippen LogP contribution in [-0.2, 0) is 6.54 Å². The quantitative estimate of drug-likeness (QED) is 0.713. The van der Waals surface area contributed by atoms with Crippen LogP contribution in [0.5, 0.6) is 0 Å². The highest BCUT2D eigenvalue weighted by Crippen LogP contribution is 2.27. The third-order valence-electron chi connectivity index (χ3n) is 5.00. The summed E-state index contributed by atoms with van der Waals surface area (Å²) in [6, 6.07) is 3.70. The van der Waals surface area contributed by atoms with Gasteiger partial charge in [0, 0.05) is 68.3 Å². The first-order valence-corrected chi connectivity index (χ1v) is 9.29. The van der Waals surface area contributed by atoms with Gasteiger partial charge in [-0.1, -0.05) is 0 Å². The first kappa shape index (κ1) is 17.3. The molecule has 3 aromatic heterocycles. The van der Waals surface area contributed by atoms with E-state index < -0.39 is 0 Å². The van der Waals surface area contributed by atoms with E-state index in [4.69, 9.17) is 0 Å². The van der Waals surface area contributed by atoms with Gasteiger partial charge in [0.25, 0.3) is 5.91 Å². The molecule has 0 spiro atoms. The molecule has 1 saturated heterocycles. The number of pyridine rings is 1. The normalized spacial score (nSPS) is 17.1. The fourth-order valence-corrected chi connectivity index (χ4v) is 3.59. The lowest BCUT2D eigenvalue weighted by molar-refractivity contribution is 0.0702. The summed E-state index contributed by atoms with van der Waals surface area (Å²) in [6.45, 7) is 4.44. The molecule has 4 rings (SSSR count). The van der Waals surface area contributed by atoms with Crippen molar-refractivity contribution >= 4 is 5.91 Å². The van der Waals surface area contributed by atoms with Gasteiger partial charge in [-0.3, -0.25) is 9.78 Å². The molecular formula is C20H22N6O. The molecule has 1 aliphatic heterocycles. The molecule has 0 saturated carbocycles. The topological polar surface area (TPSA) is 76.8 Å². The average Bonchev–Trinajstić information content (AvgIpc) is 3.23. The second kappa shape index (κ2) is 7.65. The Labute approximate surface area is 158 Å². The Hall–Kier alpha value is -3.09. The van der Waals surface area contributed by atoms with Crippen LogP contribution in [0.15, 0.2) is 49.3 Å². The molecule has 0 radical (unpaired) electrons. The SMILES string of the molecule is CCn1ccnc1[C@H]1CCCN(C(=O)c2cnc(-c3ccncc3)nc2)C1. The number of likely N-dealkylation sites (tertiary alicyclic amines) is 1. The third-order valence-corrected chi connectivity index (χ3v) is 5.00. The van der Waals surface area contributed by atoms with E-state index in [0.717, 1.165) is 37.3 Å². The lowest BCUT2D eigenvalue weighted by Crippen LogP contribution is -2.39. The summed E-state index contributed by atoms with van der Waals surface area (Å²) < 4.78 is 2.16. The molecule has 0 bridgehead atoms. The summed E-state index contributed by atoms with van der Waals surface area (Å²) in [5, 5.41) is 0. The van der Waals surface area contributed by atoms with Crippen LogP contribution in [0.3, 0.4) is 0 Å². The molecule has 27 heavy (non-hydrogen) atoms. The summed E-state index contributed by atoms with van der Waals surface area (Å²) in [5.74, 6) is 1.92. The van der Waals surface area contributed by atoms with Crippen molar-refractivity contribution in [1.29, 1.82) is 0 Å². The van der Waals surface area contributed by atoms with Gasteiger partial charge in [-0.25, -0.2) is 15.0 Å². The molecule has 4 heterocycles. The van der Waals surface area contributed by atoms with Crippen LogP contribution in [0, 0.1) is 0 Å². The van der Waals surface area contributed by atoms with Gasteiger partial charge in [0.15, 0.2) is 5.82 Å². The maximum Gasteiger partial charge on any atom is 0.257 e. The number of aryl methyl sites for hydroxylation is 1. The predicted octanol–water partition coefficient (Wildman–Crippen LogP) is 2.77. The molecule has 1 amide bonds. The van der Waals surface area contributed by atoms with Crippen molar-refractivity contribution in [2.75, 3.05) is 13.1 Å². The molecular weight excluding hydrogens is 340 g/mol. The monoisotopic (exact) mass is 362 g/mol. The molecule has 1 atom stereocenters. The van der Waals surface area contributed by atoms with E-state index in [1.807, 2.05) is 29.4 Å². The second-order valence-electron chi connectivity index (χ2n) is 6.69. The number of imidazole rings is 1. The largest absolute Gasteiger partial charge is 0.338 e. The van der Waals surface area contributed by atoms with Gasteiger partial charge in [0.05, 0.1) is 5.56 Å². The van der Waals surface area contributed by atoms with Crippen LogP contribution < -0.4 is 0 Å². The molecule has 0 aliphatic carbocycles. The molecule has 0 aromatic carbocycles. The third kappa shape index (κ3) is 3.58. The van der Waals surface area contributed by atoms with E-state index in [9.17, 15) is 4.79 Å². The average molecular weight is 362 g/mol. The summed E-state index contributed by atoms with van der Waals surface area (Å²) >= 11 is 0. The summed E-state index contributed by atoms with van der Waals surface area (Å²) in [7, 11) is 0. The number of hydrogen-bond donors (Lipinski definition) is 0. The number of aromatic nitrogens is 5. The van der Waals surface area contributed by atoms with Gasteiger partial charge in [0.1, 0.15) is 5.82 Å². The van der Waals surface area contributed by atoms with E-state index >= 15 is 0 Å². The maximum absolute atomic E-state index is 12.9. The number of carbonyl (C=O) groups excluding carboxylic acids is 1. The highest BCUT2D eigenvalue weighted by molar-refractivity contribution is 5.93. The minimum absolute atomic E-state index is 0.0180. The predicted molar refractivity (Wildman–Crippen MR) is 101 cm³/mol. The zero-order chi connectivity index (χ0) is 18.6. The van der Waals surface area contributed by atoms with Crippen molar-refractivity contribution in [2.45, 2.75) is 32.2 Å². The van der Waals surface area contributed by atoms with Gasteiger partial charge < -0.3 is 9.47 Å². The van der Waals surface area contributed by atoms with Crippen LogP contribution in [-0.4, -0.2) is 48.4 Å². The summed E-state index contributed by atoms with van der Waals surface area (Å²) in [4.78, 5) is 32.1. The first-order chi connectivity index (χ1) is 13.3. The first-order valence-electron chi connectivity index (χ1n) is 9.29. The van der Waals surface area contributed by atoms with E-state index in [0.29, 0.717) is 17.9 Å². The molecule has 0 N–H and O–H groups in total. The smallest absolute Gasteiger partial charge is 0.257 e. The zero-order valence-electron chi connectivity index (χ0n) is 15.3. The number of nitrogens with zero attached hydrogens (tertiary/aromatic N) is 6. The fraction of sp³-hybridized carbons (Fsp3) is 0.350. The Bertz CT molecular complexity index is 906. The van der Waals surface area contributed by atoms with Crippen LogP contribution >= 0.6 is 0 Å². The lowest BCUT2D eigenvalue weighted by Gasteiger charge is -2.32. The van der Waals surface area contributed by atoms with E-state index in [-0.39, 0.29) is 11.8 Å². The summed E-state index contributed by atoms with van der Waals surface area (Å²) in [5.41, 5.74) is 1.40. The maximum atomic E-state index is 12.9. The van der Waals surface area contributed by atoms with Gasteiger partial charge in [-0.2, -0.15) is 0 Å². The van der Waals surface area contributed by atoms with Gasteiger partial charge >= 0.3 is 0 Å². The van der Waals surface area contributed by atoms with E-state index in [1.54, 1.807) is 24.8 Å². The highest BCUT2D eigenvalue weighted by atomic mass is 16.2. The van der Waals surface area contributed by atoms with Crippen molar-refractivity contribution in [1.82, 2.24) is 29.4 Å². The molecule has 7 nitrogen and oxygen atoms in total. The number of hydrogen-bond acceptors (Lipinski definition) is 5. The molecule has 1 fully saturated rings. The molecule has 7 heteroatoms. The van der Waals surface area contributed by atoms with E-state index in [1.165, 1.54) is 0 Å². The van der Waals surface area contributed by atoms with Crippen molar-refractivity contribution in [3.05, 3.63) is 60.7 Å². The highest BCUT2D eigenvalue weighted by Gasteiger charge is 2.28. The number of piperidine rings is 1. The van der Waals surface area contributed by atoms with Crippen molar-refractivity contribution in [2.24, 2.45) is 0 Å². The number of amides is 1. The molecule has 3 aromatic rings. The Balaban J connectivity index is 1.49. The second-order valence-corrected chi connectivity index (χ2v) is 6.69. The van der Waals surface area contributed by atoms with Crippen LogP contribution in [0.25, 0.3) is 11.4 Å². The molecule has 0 unspecified atom stereocenters. The van der Waals surface area contributed by atoms with Crippen LogP contribution in [0.4, 0.5) is 0 Å². The number of carbonyl (C=O) groups is 1. The Kier molecular flexibility index (Phi) is 4.91. The minimum atomic E-state index is -0.0180. The standard InChI is InChI=1S/C20H22N6O/c1-2-25-11-9-22-19(25)16-4-3-10-26(14-16)20(27)17-12-23-18(24-13-17)15-5-7-21-8-6-15/h5-9,11-13,16H,2-4,10,14H2,1H3/t16-/m0/s1. The van der Waals surface area contributed by atoms with Crippen LogP contribution in [0.2, 0.25) is 0 Å². The minimum Gasteiger partial charge on any atom is -0.338 e. The van der Waals surface area contributed by atoms with Gasteiger partial charge in [-0.05, 0) is 31.9 Å². The van der Waals surface area contributed by atoms with Gasteiger partial charge in [0.2, 0.25) is 0 Å². The zero-order valence-corrected chi connectivity index (χ0v) is 15.3. The van der Waals surface area contributed by atoms with E-state index in [2.05, 4.69) is 31.4 Å². The molecule has 138 valence electrons. The number of rotatable bonds is 4. The Morgan fingerprint density at radius 1 is 1.15 bits per heavy atom. The van der Waals surface area contributed by atoms with Crippen molar-refractivity contribution in [3.63, 3.8) is 0 Å².